The van der Waals surface area contributed by atoms with E-state index in [1.165, 1.54) is 0 Å². The smallest absolute Gasteiger partial charge is 0.465 e. The molecule has 2 rings (SSSR count). The van der Waals surface area contributed by atoms with Crippen LogP contribution in [0.15, 0.2) is 18.2 Å². The second-order valence-corrected chi connectivity index (χ2v) is 8.45. The van der Waals surface area contributed by atoms with Crippen LogP contribution in [-0.4, -0.2) is 53.9 Å². The number of carbonyl (C=O) groups is 2. The van der Waals surface area contributed by atoms with Gasteiger partial charge in [0.15, 0.2) is 0 Å². The summed E-state index contributed by atoms with van der Waals surface area (Å²) in [5.74, 6) is -11.0. The summed E-state index contributed by atoms with van der Waals surface area (Å²) in [5, 5.41) is 5.77. The molecular formula is C17H14F8N4O6S. The van der Waals surface area contributed by atoms with E-state index in [0.29, 0.717) is 25.2 Å². The summed E-state index contributed by atoms with van der Waals surface area (Å²) >= 11 is 0. The van der Waals surface area contributed by atoms with Crippen molar-refractivity contribution in [1.29, 1.82) is 0 Å². The zero-order valence-corrected chi connectivity index (χ0v) is 18.9. The Morgan fingerprint density at radius 2 is 1.64 bits per heavy atom. The molecule has 1 amide bonds. The number of aromatic nitrogens is 3. The summed E-state index contributed by atoms with van der Waals surface area (Å²) in [4.78, 5) is 24.3. The van der Waals surface area contributed by atoms with Gasteiger partial charge in [0.1, 0.15) is 5.75 Å². The van der Waals surface area contributed by atoms with E-state index in [2.05, 4.69) is 14.9 Å². The fraction of sp³-hybridized carbons (Fsp3) is 0.412. The number of hydrogen-bond acceptors (Lipinski definition) is 8. The Labute approximate surface area is 196 Å². The molecule has 1 heterocycles. The second kappa shape index (κ2) is 9.51. The van der Waals surface area contributed by atoms with Crippen LogP contribution in [0.4, 0.5) is 40.8 Å². The Kier molecular flexibility index (Phi) is 7.59. The molecule has 19 heteroatoms. The number of nitrogens with zero attached hydrogens (tertiary/aromatic N) is 4. The zero-order valence-electron chi connectivity index (χ0n) is 18.1. The minimum absolute atomic E-state index is 0.111. The van der Waals surface area contributed by atoms with Gasteiger partial charge in [0, 0.05) is 13.5 Å². The van der Waals surface area contributed by atoms with Crippen molar-refractivity contribution in [1.82, 2.24) is 14.8 Å². The van der Waals surface area contributed by atoms with Gasteiger partial charge in [-0.1, -0.05) is 12.0 Å². The first kappa shape index (κ1) is 28.7. The molecule has 0 saturated heterocycles. The molecule has 0 unspecified atom stereocenters. The molecule has 0 radical (unpaired) electrons. The number of ether oxygens (including phenoxy) is 2. The normalized spacial score (nSPS) is 12.9. The lowest BCUT2D eigenvalue weighted by atomic mass is 10.1. The summed E-state index contributed by atoms with van der Waals surface area (Å²) in [6.07, 6.45) is -6.78. The first-order chi connectivity index (χ1) is 16.3. The Hall–Kier alpha value is -3.51. The number of benzene rings is 1. The van der Waals surface area contributed by atoms with Crippen LogP contribution < -0.4 is 9.04 Å². The van der Waals surface area contributed by atoms with E-state index in [9.17, 15) is 53.1 Å². The molecule has 0 atom stereocenters. The molecule has 0 aliphatic rings. The number of anilines is 1. The van der Waals surface area contributed by atoms with Crippen LogP contribution in [0.3, 0.4) is 0 Å². The molecule has 1 aromatic carbocycles. The van der Waals surface area contributed by atoms with E-state index < -0.39 is 79.1 Å². The predicted octanol–water partition coefficient (Wildman–Crippen LogP) is 3.64. The second-order valence-electron chi connectivity index (χ2n) is 6.67. The van der Waals surface area contributed by atoms with Crippen molar-refractivity contribution >= 4 is 27.6 Å². The molecule has 200 valence electrons. The Morgan fingerprint density at radius 1 is 1.06 bits per heavy atom. The molecule has 10 nitrogen and oxygen atoms in total. The maximum Gasteiger partial charge on any atom is 0.517 e. The summed E-state index contributed by atoms with van der Waals surface area (Å²) < 4.78 is 138. The van der Waals surface area contributed by atoms with Gasteiger partial charge in [-0.3, -0.25) is 9.36 Å². The van der Waals surface area contributed by atoms with Crippen molar-refractivity contribution in [2.75, 3.05) is 11.4 Å². The van der Waals surface area contributed by atoms with Gasteiger partial charge in [0.2, 0.25) is 11.7 Å². The molecule has 0 fully saturated rings. The van der Waals surface area contributed by atoms with Crippen LogP contribution >= 0.6 is 0 Å². The third-order valence-electron chi connectivity index (χ3n) is 4.33. The largest absolute Gasteiger partial charge is 0.517 e. The van der Waals surface area contributed by atoms with Gasteiger partial charge in [-0.2, -0.15) is 47.8 Å². The minimum atomic E-state index is -6.35. The molecule has 0 bridgehead atoms. The third-order valence-corrected chi connectivity index (χ3v) is 5.80. The molecule has 1 aromatic heterocycles. The quantitative estimate of drug-likeness (QED) is 0.376. The van der Waals surface area contributed by atoms with E-state index in [4.69, 9.17) is 4.74 Å². The van der Waals surface area contributed by atoms with E-state index >= 15 is 0 Å². The highest BCUT2D eigenvalue weighted by Crippen LogP contribution is 2.44. The highest BCUT2D eigenvalue weighted by molar-refractivity contribution is 7.94. The van der Waals surface area contributed by atoms with Gasteiger partial charge < -0.3 is 9.47 Å². The molecule has 0 N–H and O–H groups in total. The average Bonchev–Trinajstić information content (AvgIpc) is 3.12. The average molecular weight is 554 g/mol. The number of esters is 1. The monoisotopic (exact) mass is 554 g/mol. The Bertz CT molecular complexity index is 1270. The number of alkyl halides is 8. The number of halogens is 8. The third kappa shape index (κ3) is 5.05. The van der Waals surface area contributed by atoms with Crippen LogP contribution in [0.25, 0.3) is 0 Å². The van der Waals surface area contributed by atoms with Crippen molar-refractivity contribution in [3.8, 4) is 11.8 Å². The SMILES string of the molecule is CCC(=O)N(c1ccc(Oc2nnc(C(F)(F)C(F)(F)F)n2C)cc1C(=O)OC)S(=O)(=O)C(F)(F)F. The van der Waals surface area contributed by atoms with Crippen molar-refractivity contribution in [2.24, 2.45) is 7.05 Å². The lowest BCUT2D eigenvalue weighted by Crippen LogP contribution is -2.45. The Morgan fingerprint density at radius 3 is 2.11 bits per heavy atom. The zero-order chi connectivity index (χ0) is 27.9. The van der Waals surface area contributed by atoms with E-state index in [1.807, 2.05) is 0 Å². The van der Waals surface area contributed by atoms with Gasteiger partial charge in [-0.15, -0.1) is 5.10 Å². The number of carbonyl (C=O) groups excluding carboxylic acids is 2. The number of rotatable bonds is 7. The molecule has 0 spiro atoms. The van der Waals surface area contributed by atoms with Gasteiger partial charge in [-0.25, -0.2) is 4.79 Å². The predicted molar refractivity (Wildman–Crippen MR) is 102 cm³/mol. The van der Waals surface area contributed by atoms with Crippen LogP contribution in [-0.2, 0) is 32.5 Å². The van der Waals surface area contributed by atoms with Crippen LogP contribution in [0.2, 0.25) is 0 Å². The standard InChI is InChI=1S/C17H14F8N4O6S/c1-4-11(30)29(36(32,33)17(23,24)25)10-6-5-8(7-9(10)12(31)34-3)35-14-27-26-13(28(14)2)15(18,19)16(20,21)22/h5-7H,4H2,1-3H3. The highest BCUT2D eigenvalue weighted by atomic mass is 32.2. The maximum atomic E-state index is 13.6. The number of hydrogen-bond donors (Lipinski definition) is 0. The number of sulfonamides is 1. The van der Waals surface area contributed by atoms with Crippen molar-refractivity contribution < 1.29 is 62.6 Å². The summed E-state index contributed by atoms with van der Waals surface area (Å²) in [6.45, 7) is 1.04. The molecule has 0 saturated carbocycles. The van der Waals surface area contributed by atoms with Crippen LogP contribution in [0, 0.1) is 0 Å². The molecule has 36 heavy (non-hydrogen) atoms. The van der Waals surface area contributed by atoms with Gasteiger partial charge >= 0.3 is 39.6 Å². The van der Waals surface area contributed by atoms with Crippen molar-refractivity contribution in [2.45, 2.75) is 31.0 Å². The van der Waals surface area contributed by atoms with Gasteiger partial charge in [0.05, 0.1) is 18.4 Å². The maximum absolute atomic E-state index is 13.6. The van der Waals surface area contributed by atoms with Crippen molar-refractivity contribution in [3.05, 3.63) is 29.6 Å². The summed E-state index contributed by atoms with van der Waals surface area (Å²) in [6, 6.07) is 0.806. The van der Waals surface area contributed by atoms with Crippen LogP contribution in [0.5, 0.6) is 11.8 Å². The van der Waals surface area contributed by atoms with Gasteiger partial charge in [0.25, 0.3) is 0 Å². The topological polar surface area (TPSA) is 121 Å². The molecular weight excluding hydrogens is 540 g/mol. The van der Waals surface area contributed by atoms with E-state index in [1.54, 1.807) is 0 Å². The fourth-order valence-electron chi connectivity index (χ4n) is 2.58. The molecule has 0 aliphatic carbocycles. The fourth-order valence-corrected chi connectivity index (χ4v) is 3.61. The lowest BCUT2D eigenvalue weighted by Gasteiger charge is -2.25. The number of amides is 1. The minimum Gasteiger partial charge on any atom is -0.465 e. The van der Waals surface area contributed by atoms with Gasteiger partial charge in [-0.05, 0) is 18.2 Å². The first-order valence-corrected chi connectivity index (χ1v) is 10.6. The Balaban J connectivity index is 2.64. The summed E-state index contributed by atoms with van der Waals surface area (Å²) in [7, 11) is -4.91. The van der Waals surface area contributed by atoms with Crippen LogP contribution in [0.1, 0.15) is 29.5 Å². The van der Waals surface area contributed by atoms with E-state index in [-0.39, 0.29) is 4.57 Å². The molecule has 2 aromatic rings. The number of methoxy groups -OCH3 is 1. The highest BCUT2D eigenvalue weighted by Gasteiger charge is 2.62. The lowest BCUT2D eigenvalue weighted by molar-refractivity contribution is -0.293. The van der Waals surface area contributed by atoms with Crippen molar-refractivity contribution in [3.63, 3.8) is 0 Å². The summed E-state index contributed by atoms with van der Waals surface area (Å²) in [5.41, 5.74) is -8.02. The first-order valence-electron chi connectivity index (χ1n) is 9.20. The molecule has 0 aliphatic heterocycles. The van der Waals surface area contributed by atoms with E-state index in [0.717, 1.165) is 14.0 Å².